The molecule has 1 aromatic heterocycles. The monoisotopic (exact) mass is 363 g/mol. The zero-order valence-corrected chi connectivity index (χ0v) is 14.6. The van der Waals surface area contributed by atoms with E-state index in [0.717, 1.165) is 0 Å². The molecular weight excluding hydrogens is 346 g/mol. The highest BCUT2D eigenvalue weighted by Gasteiger charge is 2.33. The van der Waals surface area contributed by atoms with E-state index in [-0.39, 0.29) is 12.1 Å². The van der Waals surface area contributed by atoms with Crippen molar-refractivity contribution in [3.8, 4) is 17.4 Å². The number of rotatable bonds is 5. The molecule has 0 aliphatic carbocycles. The van der Waals surface area contributed by atoms with Gasteiger partial charge in [-0.05, 0) is 18.2 Å². The lowest BCUT2D eigenvalue weighted by Gasteiger charge is -2.38. The molecule has 2 aromatic rings. The predicted octanol–water partition coefficient (Wildman–Crippen LogP) is 3.05. The summed E-state index contributed by atoms with van der Waals surface area (Å²) in [6.45, 7) is 0.949. The van der Waals surface area contributed by atoms with Crippen LogP contribution in [0.4, 0.5) is 10.5 Å². The van der Waals surface area contributed by atoms with Crippen molar-refractivity contribution in [1.29, 1.82) is 0 Å². The molecule has 1 fully saturated rings. The third kappa shape index (κ3) is 3.88. The van der Waals surface area contributed by atoms with Crippen molar-refractivity contribution in [3.05, 3.63) is 41.6 Å². The van der Waals surface area contributed by atoms with Crippen molar-refractivity contribution in [2.24, 2.45) is 0 Å². The van der Waals surface area contributed by atoms with E-state index in [0.29, 0.717) is 41.2 Å². The van der Waals surface area contributed by atoms with Gasteiger partial charge in [0.15, 0.2) is 11.5 Å². The Morgan fingerprint density at radius 2 is 2.04 bits per heavy atom. The third-order valence-corrected chi connectivity index (χ3v) is 3.99. The molecule has 0 saturated carbocycles. The van der Waals surface area contributed by atoms with Crippen LogP contribution in [0.3, 0.4) is 0 Å². The van der Waals surface area contributed by atoms with Crippen LogP contribution in [0.1, 0.15) is 0 Å². The summed E-state index contributed by atoms with van der Waals surface area (Å²) in [5, 5.41) is 3.37. The number of likely N-dealkylation sites (tertiary alicyclic amines) is 1. The number of carbonyl (C=O) groups is 1. The number of hydrogen-bond donors (Lipinski definition) is 1. The predicted molar refractivity (Wildman–Crippen MR) is 93.8 cm³/mol. The van der Waals surface area contributed by atoms with Crippen LogP contribution in [-0.2, 0) is 0 Å². The first-order valence-electron chi connectivity index (χ1n) is 7.66. The fraction of sp³-hybridized carbons (Fsp3) is 0.294. The van der Waals surface area contributed by atoms with Crippen molar-refractivity contribution in [2.75, 3.05) is 32.6 Å². The SMILES string of the molecule is COc1cccc(NC(=O)N2CC(Oc3ccc(Cl)cn3)C2)c1OC. The van der Waals surface area contributed by atoms with Gasteiger partial charge in [0, 0.05) is 12.3 Å². The van der Waals surface area contributed by atoms with E-state index in [2.05, 4.69) is 10.3 Å². The first-order valence-corrected chi connectivity index (χ1v) is 8.03. The summed E-state index contributed by atoms with van der Waals surface area (Å²) >= 11 is 5.79. The van der Waals surface area contributed by atoms with Crippen LogP contribution in [-0.4, -0.2) is 49.3 Å². The Bertz CT molecular complexity index is 748. The van der Waals surface area contributed by atoms with Crippen molar-refractivity contribution in [2.45, 2.75) is 6.10 Å². The Morgan fingerprint density at radius 3 is 2.68 bits per heavy atom. The van der Waals surface area contributed by atoms with Gasteiger partial charge in [-0.25, -0.2) is 9.78 Å². The topological polar surface area (TPSA) is 72.9 Å². The summed E-state index contributed by atoms with van der Waals surface area (Å²) in [6.07, 6.45) is 1.43. The van der Waals surface area contributed by atoms with Crippen LogP contribution in [0.15, 0.2) is 36.5 Å². The number of methoxy groups -OCH3 is 2. The van der Waals surface area contributed by atoms with Crippen LogP contribution in [0.2, 0.25) is 5.02 Å². The first-order chi connectivity index (χ1) is 12.1. The average molecular weight is 364 g/mol. The number of benzene rings is 1. The van der Waals surface area contributed by atoms with Crippen LogP contribution < -0.4 is 19.5 Å². The standard InChI is InChI=1S/C17H18ClN3O4/c1-23-14-5-3-4-13(16(14)24-2)20-17(22)21-9-12(10-21)25-15-7-6-11(18)8-19-15/h3-8,12H,9-10H2,1-2H3,(H,20,22). The summed E-state index contributed by atoms with van der Waals surface area (Å²) in [6, 6.07) is 8.49. The number of aromatic nitrogens is 1. The molecule has 1 N–H and O–H groups in total. The number of para-hydroxylation sites is 1. The molecule has 8 heteroatoms. The van der Waals surface area contributed by atoms with Gasteiger partial charge >= 0.3 is 6.03 Å². The van der Waals surface area contributed by atoms with E-state index < -0.39 is 0 Å². The molecule has 1 aromatic carbocycles. The zero-order chi connectivity index (χ0) is 17.8. The Kier molecular flexibility index (Phi) is 5.14. The highest BCUT2D eigenvalue weighted by Crippen LogP contribution is 2.35. The minimum absolute atomic E-state index is 0.0911. The van der Waals surface area contributed by atoms with Gasteiger partial charge in [0.1, 0.15) is 6.10 Å². The maximum atomic E-state index is 12.3. The molecule has 0 spiro atoms. The van der Waals surface area contributed by atoms with Gasteiger partial charge in [-0.2, -0.15) is 0 Å². The van der Waals surface area contributed by atoms with Crippen LogP contribution >= 0.6 is 11.6 Å². The maximum Gasteiger partial charge on any atom is 0.322 e. The minimum Gasteiger partial charge on any atom is -0.493 e. The van der Waals surface area contributed by atoms with Gasteiger partial charge in [0.25, 0.3) is 0 Å². The molecule has 2 amide bonds. The second kappa shape index (κ2) is 7.48. The molecular formula is C17H18ClN3O4. The van der Waals surface area contributed by atoms with E-state index >= 15 is 0 Å². The number of anilines is 1. The van der Waals surface area contributed by atoms with Crippen LogP contribution in [0.25, 0.3) is 0 Å². The summed E-state index contributed by atoms with van der Waals surface area (Å²) in [5.74, 6) is 1.53. The van der Waals surface area contributed by atoms with E-state index in [1.165, 1.54) is 13.3 Å². The quantitative estimate of drug-likeness (QED) is 0.883. The van der Waals surface area contributed by atoms with E-state index in [4.69, 9.17) is 25.8 Å². The van der Waals surface area contributed by atoms with Gasteiger partial charge in [-0.15, -0.1) is 0 Å². The molecule has 0 unspecified atom stereocenters. The third-order valence-electron chi connectivity index (χ3n) is 3.77. The number of nitrogens with zero attached hydrogens (tertiary/aromatic N) is 2. The Balaban J connectivity index is 1.55. The molecule has 0 radical (unpaired) electrons. The summed E-state index contributed by atoms with van der Waals surface area (Å²) < 4.78 is 16.2. The lowest BCUT2D eigenvalue weighted by molar-refractivity contribution is 0.0461. The summed E-state index contributed by atoms with van der Waals surface area (Å²) in [5.41, 5.74) is 0.551. The number of ether oxygens (including phenoxy) is 3. The molecule has 2 heterocycles. The van der Waals surface area contributed by atoms with Gasteiger partial charge in [0.2, 0.25) is 5.88 Å². The van der Waals surface area contributed by atoms with Gasteiger partial charge < -0.3 is 24.4 Å². The van der Waals surface area contributed by atoms with Crippen molar-refractivity contribution < 1.29 is 19.0 Å². The average Bonchev–Trinajstić information content (AvgIpc) is 2.58. The second-order valence-corrected chi connectivity index (χ2v) is 5.87. The molecule has 0 atom stereocenters. The fourth-order valence-electron chi connectivity index (χ4n) is 2.46. The normalized spacial score (nSPS) is 13.8. The minimum atomic E-state index is -0.226. The molecule has 1 saturated heterocycles. The van der Waals surface area contributed by atoms with Crippen molar-refractivity contribution in [3.63, 3.8) is 0 Å². The molecule has 7 nitrogen and oxygen atoms in total. The number of urea groups is 1. The smallest absolute Gasteiger partial charge is 0.322 e. The lowest BCUT2D eigenvalue weighted by atomic mass is 10.2. The number of hydrogen-bond acceptors (Lipinski definition) is 5. The van der Waals surface area contributed by atoms with Gasteiger partial charge in [-0.1, -0.05) is 17.7 Å². The van der Waals surface area contributed by atoms with Crippen LogP contribution in [0, 0.1) is 0 Å². The molecule has 132 valence electrons. The summed E-state index contributed by atoms with van der Waals surface area (Å²) in [4.78, 5) is 18.0. The Hall–Kier alpha value is -2.67. The molecule has 1 aliphatic heterocycles. The number of nitrogens with one attached hydrogen (secondary N) is 1. The van der Waals surface area contributed by atoms with E-state index in [9.17, 15) is 4.79 Å². The molecule has 1 aliphatic rings. The van der Waals surface area contributed by atoms with Crippen LogP contribution in [0.5, 0.6) is 17.4 Å². The van der Waals surface area contributed by atoms with Gasteiger partial charge in [-0.3, -0.25) is 0 Å². The van der Waals surface area contributed by atoms with Gasteiger partial charge in [0.05, 0.1) is 38.0 Å². The molecule has 3 rings (SSSR count). The highest BCUT2D eigenvalue weighted by molar-refractivity contribution is 6.30. The van der Waals surface area contributed by atoms with E-state index in [1.807, 2.05) is 0 Å². The number of halogens is 1. The number of pyridine rings is 1. The Morgan fingerprint density at radius 1 is 1.24 bits per heavy atom. The van der Waals surface area contributed by atoms with Crippen molar-refractivity contribution in [1.82, 2.24) is 9.88 Å². The first kappa shape index (κ1) is 17.2. The second-order valence-electron chi connectivity index (χ2n) is 5.43. The molecule has 25 heavy (non-hydrogen) atoms. The number of amides is 2. The van der Waals surface area contributed by atoms with Crippen molar-refractivity contribution >= 4 is 23.3 Å². The highest BCUT2D eigenvalue weighted by atomic mass is 35.5. The maximum absolute atomic E-state index is 12.3. The number of carbonyl (C=O) groups excluding carboxylic acids is 1. The fourth-order valence-corrected chi connectivity index (χ4v) is 2.57. The molecule has 0 bridgehead atoms. The Labute approximate surface area is 150 Å². The lowest BCUT2D eigenvalue weighted by Crippen LogP contribution is -2.57. The summed E-state index contributed by atoms with van der Waals surface area (Å²) in [7, 11) is 3.08. The largest absolute Gasteiger partial charge is 0.493 e. The van der Waals surface area contributed by atoms with E-state index in [1.54, 1.807) is 42.3 Å². The zero-order valence-electron chi connectivity index (χ0n) is 13.9.